The Morgan fingerprint density at radius 1 is 1.53 bits per heavy atom. The summed E-state index contributed by atoms with van der Waals surface area (Å²) in [6, 6.07) is 0. The molecule has 1 amide bonds. The first-order valence-electron chi connectivity index (χ1n) is 5.41. The number of nitrogens with one attached hydrogen (secondary N) is 1. The zero-order valence-corrected chi connectivity index (χ0v) is 9.69. The van der Waals surface area contributed by atoms with Crippen LogP contribution in [-0.2, 0) is 9.53 Å². The lowest BCUT2D eigenvalue weighted by molar-refractivity contribution is -0.126. The maximum absolute atomic E-state index is 11.3. The van der Waals surface area contributed by atoms with Gasteiger partial charge in [-0.2, -0.15) is 0 Å². The van der Waals surface area contributed by atoms with Crippen molar-refractivity contribution in [1.82, 2.24) is 10.3 Å². The third-order valence-electron chi connectivity index (χ3n) is 2.62. The molecule has 5 heteroatoms. The molecule has 1 saturated heterocycles. The molecule has 0 aromatic heterocycles. The van der Waals surface area contributed by atoms with Crippen LogP contribution in [0.15, 0.2) is 0 Å². The van der Waals surface area contributed by atoms with E-state index in [4.69, 9.17) is 10.6 Å². The number of carbonyl (C=O) groups excluding carboxylic acids is 1. The molecule has 15 heavy (non-hydrogen) atoms. The van der Waals surface area contributed by atoms with Crippen molar-refractivity contribution in [2.75, 3.05) is 19.6 Å². The van der Waals surface area contributed by atoms with Gasteiger partial charge in [0.2, 0.25) is 5.91 Å². The van der Waals surface area contributed by atoms with Gasteiger partial charge in [-0.3, -0.25) is 15.1 Å². The van der Waals surface area contributed by atoms with Crippen molar-refractivity contribution in [3.8, 4) is 0 Å². The van der Waals surface area contributed by atoms with Crippen molar-refractivity contribution < 1.29 is 9.53 Å². The van der Waals surface area contributed by atoms with Crippen molar-refractivity contribution in [3.05, 3.63) is 0 Å². The summed E-state index contributed by atoms with van der Waals surface area (Å²) in [4.78, 5) is 13.5. The van der Waals surface area contributed by atoms with E-state index >= 15 is 0 Å². The summed E-state index contributed by atoms with van der Waals surface area (Å²) in [5, 5.41) is 0. The molecule has 1 heterocycles. The highest BCUT2D eigenvalue weighted by molar-refractivity contribution is 5.77. The van der Waals surface area contributed by atoms with Crippen LogP contribution < -0.4 is 11.3 Å². The lowest BCUT2D eigenvalue weighted by atomic mass is 10.1. The molecule has 0 aromatic carbocycles. The largest absolute Gasteiger partial charge is 0.373 e. The van der Waals surface area contributed by atoms with Crippen molar-refractivity contribution in [3.63, 3.8) is 0 Å². The zero-order chi connectivity index (χ0) is 11.4. The lowest BCUT2D eigenvalue weighted by Gasteiger charge is -2.36. The Morgan fingerprint density at radius 3 is 2.53 bits per heavy atom. The third-order valence-corrected chi connectivity index (χ3v) is 2.62. The van der Waals surface area contributed by atoms with E-state index in [0.717, 1.165) is 19.6 Å². The lowest BCUT2D eigenvalue weighted by Crippen LogP contribution is -2.49. The third kappa shape index (κ3) is 3.77. The number of ether oxygens (including phenoxy) is 1. The summed E-state index contributed by atoms with van der Waals surface area (Å²) in [6.45, 7) is 8.49. The molecule has 0 unspecified atom stereocenters. The molecular weight excluding hydrogens is 194 g/mol. The van der Waals surface area contributed by atoms with Gasteiger partial charge in [-0.05, 0) is 13.8 Å². The molecule has 1 fully saturated rings. The normalized spacial score (nSPS) is 29.9. The number of hydrogen-bond acceptors (Lipinski definition) is 4. The van der Waals surface area contributed by atoms with Crippen LogP contribution in [0.5, 0.6) is 0 Å². The highest BCUT2D eigenvalue weighted by atomic mass is 16.5. The van der Waals surface area contributed by atoms with Crippen molar-refractivity contribution in [1.29, 1.82) is 0 Å². The average Bonchev–Trinajstić information content (AvgIpc) is 2.14. The van der Waals surface area contributed by atoms with E-state index < -0.39 is 0 Å². The van der Waals surface area contributed by atoms with Gasteiger partial charge in [0.25, 0.3) is 0 Å². The molecular formula is C10H21N3O2. The average molecular weight is 215 g/mol. The molecule has 0 aromatic rings. The number of rotatable bonds is 3. The van der Waals surface area contributed by atoms with Gasteiger partial charge in [0.05, 0.1) is 12.2 Å². The van der Waals surface area contributed by atoms with Crippen LogP contribution in [-0.4, -0.2) is 42.6 Å². The van der Waals surface area contributed by atoms with E-state index in [0.29, 0.717) is 0 Å². The Hall–Kier alpha value is -0.650. The Kier molecular flexibility index (Phi) is 4.50. The fraction of sp³-hybridized carbons (Fsp3) is 0.900. The molecule has 3 N–H and O–H groups in total. The predicted octanol–water partition coefficient (Wildman–Crippen LogP) is -0.278. The first-order valence-corrected chi connectivity index (χ1v) is 5.41. The van der Waals surface area contributed by atoms with Crippen LogP contribution in [0, 0.1) is 5.92 Å². The molecule has 1 aliphatic heterocycles. The number of carbonyl (C=O) groups is 1. The van der Waals surface area contributed by atoms with E-state index in [1.165, 1.54) is 0 Å². The van der Waals surface area contributed by atoms with Gasteiger partial charge in [0.1, 0.15) is 0 Å². The van der Waals surface area contributed by atoms with Crippen molar-refractivity contribution in [2.45, 2.75) is 33.0 Å². The van der Waals surface area contributed by atoms with Gasteiger partial charge >= 0.3 is 0 Å². The van der Waals surface area contributed by atoms with Gasteiger partial charge in [0, 0.05) is 25.6 Å². The second-order valence-electron chi connectivity index (χ2n) is 4.39. The maximum atomic E-state index is 11.3. The highest BCUT2D eigenvalue weighted by Gasteiger charge is 2.24. The summed E-state index contributed by atoms with van der Waals surface area (Å²) in [7, 11) is 0. The molecule has 88 valence electrons. The van der Waals surface area contributed by atoms with E-state index in [1.807, 2.05) is 6.92 Å². The Balaban J connectivity index is 2.40. The summed E-state index contributed by atoms with van der Waals surface area (Å²) in [5.41, 5.74) is 2.18. The Labute approximate surface area is 90.9 Å². The summed E-state index contributed by atoms with van der Waals surface area (Å²) in [5.74, 6) is 4.90. The Morgan fingerprint density at radius 2 is 2.07 bits per heavy atom. The molecule has 1 aliphatic rings. The predicted molar refractivity (Wildman–Crippen MR) is 57.9 cm³/mol. The quantitative estimate of drug-likeness (QED) is 0.386. The van der Waals surface area contributed by atoms with E-state index in [1.54, 1.807) is 0 Å². The zero-order valence-electron chi connectivity index (χ0n) is 9.69. The molecule has 3 atom stereocenters. The Bertz CT molecular complexity index is 213. The van der Waals surface area contributed by atoms with Crippen LogP contribution in [0.25, 0.3) is 0 Å². The number of hydrazine groups is 1. The molecule has 5 nitrogen and oxygen atoms in total. The first-order chi connectivity index (χ1) is 7.02. The summed E-state index contributed by atoms with van der Waals surface area (Å²) >= 11 is 0. The minimum absolute atomic E-state index is 0.0764. The van der Waals surface area contributed by atoms with E-state index in [-0.39, 0.29) is 24.0 Å². The van der Waals surface area contributed by atoms with Crippen LogP contribution in [0.4, 0.5) is 0 Å². The molecule has 0 saturated carbocycles. The minimum atomic E-state index is -0.109. The number of nitrogens with zero attached hydrogens (tertiary/aromatic N) is 1. The second-order valence-corrected chi connectivity index (χ2v) is 4.39. The summed E-state index contributed by atoms with van der Waals surface area (Å²) < 4.78 is 5.62. The van der Waals surface area contributed by atoms with Crippen LogP contribution >= 0.6 is 0 Å². The number of nitrogens with two attached hydrogens (primary N) is 1. The number of amides is 1. The second kappa shape index (κ2) is 5.44. The molecule has 0 spiro atoms. The van der Waals surface area contributed by atoms with E-state index in [2.05, 4.69) is 24.2 Å². The maximum Gasteiger partial charge on any atom is 0.237 e. The molecule has 0 aliphatic carbocycles. The van der Waals surface area contributed by atoms with Gasteiger partial charge in [-0.15, -0.1) is 0 Å². The number of morpholine rings is 1. The fourth-order valence-electron chi connectivity index (χ4n) is 2.05. The summed E-state index contributed by atoms with van der Waals surface area (Å²) in [6.07, 6.45) is 0.476. The highest BCUT2D eigenvalue weighted by Crippen LogP contribution is 2.12. The topological polar surface area (TPSA) is 67.6 Å². The number of hydrogen-bond donors (Lipinski definition) is 2. The molecule has 0 bridgehead atoms. The van der Waals surface area contributed by atoms with Crippen LogP contribution in [0.2, 0.25) is 0 Å². The SMILES string of the molecule is C[C@@H]1CN(C[C@@H](C)C(=O)NN)C[C@@H](C)O1. The van der Waals surface area contributed by atoms with Gasteiger partial charge in [-0.25, -0.2) is 5.84 Å². The molecule has 1 rings (SSSR count). The van der Waals surface area contributed by atoms with E-state index in [9.17, 15) is 4.79 Å². The first kappa shape index (κ1) is 12.4. The van der Waals surface area contributed by atoms with Crippen LogP contribution in [0.1, 0.15) is 20.8 Å². The van der Waals surface area contributed by atoms with Crippen molar-refractivity contribution in [2.24, 2.45) is 11.8 Å². The minimum Gasteiger partial charge on any atom is -0.373 e. The van der Waals surface area contributed by atoms with Crippen molar-refractivity contribution >= 4 is 5.91 Å². The monoisotopic (exact) mass is 215 g/mol. The van der Waals surface area contributed by atoms with Gasteiger partial charge in [-0.1, -0.05) is 6.92 Å². The van der Waals surface area contributed by atoms with Gasteiger partial charge in [0.15, 0.2) is 0 Å². The van der Waals surface area contributed by atoms with Gasteiger partial charge < -0.3 is 4.74 Å². The fourth-order valence-corrected chi connectivity index (χ4v) is 2.05. The standard InChI is InChI=1S/C10H21N3O2/c1-7(10(14)12-11)4-13-5-8(2)15-9(3)6-13/h7-9H,4-6,11H2,1-3H3,(H,12,14)/t7-,8-,9-/m1/s1. The van der Waals surface area contributed by atoms with Crippen LogP contribution in [0.3, 0.4) is 0 Å². The smallest absolute Gasteiger partial charge is 0.237 e. The molecule has 0 radical (unpaired) electrons.